The number of ketones is 1. The van der Waals surface area contributed by atoms with Crippen LogP contribution in [0.2, 0.25) is 0 Å². The van der Waals surface area contributed by atoms with Crippen molar-refractivity contribution in [3.05, 3.63) is 29.8 Å². The van der Waals surface area contributed by atoms with Crippen LogP contribution >= 0.6 is 0 Å². The van der Waals surface area contributed by atoms with Gasteiger partial charge >= 0.3 is 5.97 Å². The average Bonchev–Trinajstić information content (AvgIpc) is 3.11. The van der Waals surface area contributed by atoms with Gasteiger partial charge in [0, 0.05) is 18.0 Å². The lowest BCUT2D eigenvalue weighted by Crippen LogP contribution is -2.38. The Bertz CT molecular complexity index is 771. The van der Waals surface area contributed by atoms with Crippen molar-refractivity contribution >= 4 is 21.8 Å². The largest absolute Gasteiger partial charge is 0.469 e. The van der Waals surface area contributed by atoms with Crippen molar-refractivity contribution in [3.63, 3.8) is 0 Å². The number of hydrogen-bond acceptors (Lipinski definition) is 5. The van der Waals surface area contributed by atoms with Crippen LogP contribution in [-0.2, 0) is 24.3 Å². The molecule has 1 aromatic carbocycles. The van der Waals surface area contributed by atoms with Crippen molar-refractivity contribution in [2.24, 2.45) is 11.8 Å². The lowest BCUT2D eigenvalue weighted by molar-refractivity contribution is -0.150. The van der Waals surface area contributed by atoms with E-state index in [1.54, 1.807) is 24.3 Å². The van der Waals surface area contributed by atoms with Crippen molar-refractivity contribution < 1.29 is 22.7 Å². The number of hydrogen-bond donors (Lipinski definition) is 0. The summed E-state index contributed by atoms with van der Waals surface area (Å²) in [6, 6.07) is 5.64. The third-order valence-electron chi connectivity index (χ3n) is 5.17. The Kier molecular flexibility index (Phi) is 4.25. The van der Waals surface area contributed by atoms with Gasteiger partial charge in [-0.2, -0.15) is 4.31 Å². The van der Waals surface area contributed by atoms with Crippen molar-refractivity contribution in [1.29, 1.82) is 0 Å². The second-order valence-corrected chi connectivity index (χ2v) is 8.39. The van der Waals surface area contributed by atoms with E-state index in [1.807, 2.05) is 6.92 Å². The van der Waals surface area contributed by atoms with Gasteiger partial charge in [0.05, 0.1) is 17.9 Å². The smallest absolute Gasteiger partial charge is 0.311 e. The third-order valence-corrected chi connectivity index (χ3v) is 7.13. The number of Topliss-reactive ketones (excluding diaryl/α,β-unsaturated/α-hetero) is 1. The summed E-state index contributed by atoms with van der Waals surface area (Å²) < 4.78 is 32.4. The summed E-state index contributed by atoms with van der Waals surface area (Å²) in [6.07, 6.45) is 1.16. The molecule has 1 aromatic rings. The van der Waals surface area contributed by atoms with E-state index < -0.39 is 39.9 Å². The van der Waals surface area contributed by atoms with Crippen LogP contribution in [0.4, 0.5) is 0 Å². The Morgan fingerprint density at radius 1 is 1.08 bits per heavy atom. The Labute approximate surface area is 141 Å². The maximum Gasteiger partial charge on any atom is 0.311 e. The molecule has 0 N–H and O–H groups in total. The van der Waals surface area contributed by atoms with Gasteiger partial charge < -0.3 is 4.74 Å². The van der Waals surface area contributed by atoms with Crippen LogP contribution < -0.4 is 0 Å². The van der Waals surface area contributed by atoms with E-state index in [4.69, 9.17) is 4.74 Å². The van der Waals surface area contributed by atoms with Crippen LogP contribution in [0.25, 0.3) is 0 Å². The van der Waals surface area contributed by atoms with Gasteiger partial charge in [-0.05, 0) is 38.8 Å². The standard InChI is InChI=1S/C17H21NO5S/c1-10-4-6-12(7-5-10)24(21,22)18-13-8-9-14(18)16(17(20)23-3)15(13)11(2)19/h4-7,13-16H,8-9H2,1-3H3/t13-,14-,15-,16-/m0/s1. The van der Waals surface area contributed by atoms with Crippen molar-refractivity contribution in [3.8, 4) is 0 Å². The monoisotopic (exact) mass is 351 g/mol. The van der Waals surface area contributed by atoms with Gasteiger partial charge in [0.1, 0.15) is 5.78 Å². The van der Waals surface area contributed by atoms with Crippen LogP contribution in [0.1, 0.15) is 25.3 Å². The Morgan fingerprint density at radius 2 is 1.62 bits per heavy atom. The molecule has 0 spiro atoms. The predicted molar refractivity (Wildman–Crippen MR) is 86.7 cm³/mol. The van der Waals surface area contributed by atoms with Gasteiger partial charge in [0.15, 0.2) is 0 Å². The summed E-state index contributed by atoms with van der Waals surface area (Å²) in [5.74, 6) is -2.02. The summed E-state index contributed by atoms with van der Waals surface area (Å²) in [6.45, 7) is 3.30. The van der Waals surface area contributed by atoms with Crippen molar-refractivity contribution in [1.82, 2.24) is 4.31 Å². The highest BCUT2D eigenvalue weighted by Crippen LogP contribution is 2.49. The number of carbonyl (C=O) groups excluding carboxylic acids is 2. The number of fused-ring (bicyclic) bond motifs is 2. The maximum atomic E-state index is 13.1. The minimum Gasteiger partial charge on any atom is -0.469 e. The summed E-state index contributed by atoms with van der Waals surface area (Å²) in [5, 5.41) is 0. The summed E-state index contributed by atoms with van der Waals surface area (Å²) in [7, 11) is -2.49. The molecule has 2 fully saturated rings. The van der Waals surface area contributed by atoms with E-state index in [2.05, 4.69) is 0 Å². The summed E-state index contributed by atoms with van der Waals surface area (Å²) in [4.78, 5) is 24.5. The molecule has 0 amide bonds. The zero-order valence-electron chi connectivity index (χ0n) is 13.9. The number of aryl methyl sites for hydroxylation is 1. The zero-order chi connectivity index (χ0) is 17.6. The van der Waals surface area contributed by atoms with Gasteiger partial charge in [0.2, 0.25) is 10.0 Å². The fraction of sp³-hybridized carbons (Fsp3) is 0.529. The highest BCUT2D eigenvalue weighted by atomic mass is 32.2. The molecule has 6 nitrogen and oxygen atoms in total. The Balaban J connectivity index is 2.04. The SMILES string of the molecule is COC(=O)[C@@H]1[C@@H](C(C)=O)[C@@H]2CC[C@@H]1N2S(=O)(=O)c1ccc(C)cc1. The molecule has 0 radical (unpaired) electrons. The number of rotatable bonds is 4. The molecule has 0 aromatic heterocycles. The van der Waals surface area contributed by atoms with Crippen LogP contribution in [0.15, 0.2) is 29.2 Å². The maximum absolute atomic E-state index is 13.1. The number of ether oxygens (including phenoxy) is 1. The first-order valence-corrected chi connectivity index (χ1v) is 9.41. The second-order valence-electron chi connectivity index (χ2n) is 6.55. The highest BCUT2D eigenvalue weighted by Gasteiger charge is 2.61. The van der Waals surface area contributed by atoms with Crippen LogP contribution in [0, 0.1) is 18.8 Å². The zero-order valence-corrected chi connectivity index (χ0v) is 14.7. The molecule has 3 rings (SSSR count). The number of methoxy groups -OCH3 is 1. The van der Waals surface area contributed by atoms with E-state index >= 15 is 0 Å². The van der Waals surface area contributed by atoms with Crippen LogP contribution in [0.3, 0.4) is 0 Å². The Hall–Kier alpha value is -1.73. The molecule has 0 saturated carbocycles. The van der Waals surface area contributed by atoms with E-state index in [-0.39, 0.29) is 10.7 Å². The van der Waals surface area contributed by atoms with E-state index in [0.717, 1.165) is 5.56 Å². The molecule has 0 aliphatic carbocycles. The normalized spacial score (nSPS) is 29.6. The van der Waals surface area contributed by atoms with Crippen molar-refractivity contribution in [2.45, 2.75) is 43.7 Å². The third kappa shape index (κ3) is 2.46. The highest BCUT2D eigenvalue weighted by molar-refractivity contribution is 7.89. The number of carbonyl (C=O) groups is 2. The molecular formula is C17H21NO5S. The molecule has 2 aliphatic rings. The first-order valence-electron chi connectivity index (χ1n) is 7.97. The number of nitrogens with zero attached hydrogens (tertiary/aromatic N) is 1. The number of sulfonamides is 1. The molecule has 2 saturated heterocycles. The molecule has 2 bridgehead atoms. The van der Waals surface area contributed by atoms with Crippen LogP contribution in [0.5, 0.6) is 0 Å². The molecular weight excluding hydrogens is 330 g/mol. The average molecular weight is 351 g/mol. The second kappa shape index (κ2) is 5.97. The molecule has 24 heavy (non-hydrogen) atoms. The minimum atomic E-state index is -3.76. The minimum absolute atomic E-state index is 0.165. The number of esters is 1. The molecule has 130 valence electrons. The number of benzene rings is 1. The summed E-state index contributed by atoms with van der Waals surface area (Å²) in [5.41, 5.74) is 0.965. The van der Waals surface area contributed by atoms with Gasteiger partial charge in [-0.25, -0.2) is 8.42 Å². The van der Waals surface area contributed by atoms with Gasteiger partial charge in [0.25, 0.3) is 0 Å². The summed E-state index contributed by atoms with van der Waals surface area (Å²) >= 11 is 0. The molecule has 2 aliphatic heterocycles. The van der Waals surface area contributed by atoms with Crippen molar-refractivity contribution in [2.75, 3.05) is 7.11 Å². The molecule has 4 atom stereocenters. The quantitative estimate of drug-likeness (QED) is 0.769. The molecule has 0 unspecified atom stereocenters. The van der Waals surface area contributed by atoms with Gasteiger partial charge in [-0.15, -0.1) is 0 Å². The lowest BCUT2D eigenvalue weighted by atomic mass is 9.77. The fourth-order valence-electron chi connectivity index (χ4n) is 4.15. The first-order chi connectivity index (χ1) is 11.3. The molecule has 7 heteroatoms. The Morgan fingerprint density at radius 3 is 2.12 bits per heavy atom. The first kappa shape index (κ1) is 17.1. The van der Waals surface area contributed by atoms with E-state index in [1.165, 1.54) is 18.3 Å². The van der Waals surface area contributed by atoms with Gasteiger partial charge in [-0.3, -0.25) is 9.59 Å². The predicted octanol–water partition coefficient (Wildman–Crippen LogP) is 1.52. The van der Waals surface area contributed by atoms with Crippen LogP contribution in [-0.4, -0.2) is 43.7 Å². The molecule has 2 heterocycles. The topological polar surface area (TPSA) is 80.8 Å². The fourth-order valence-corrected chi connectivity index (χ4v) is 6.06. The van der Waals surface area contributed by atoms with E-state index in [0.29, 0.717) is 12.8 Å². The van der Waals surface area contributed by atoms with E-state index in [9.17, 15) is 18.0 Å². The lowest BCUT2D eigenvalue weighted by Gasteiger charge is -2.24. The van der Waals surface area contributed by atoms with Gasteiger partial charge in [-0.1, -0.05) is 17.7 Å².